The van der Waals surface area contributed by atoms with Gasteiger partial charge in [0.1, 0.15) is 5.75 Å². The second kappa shape index (κ2) is 6.42. The summed E-state index contributed by atoms with van der Waals surface area (Å²) in [6.45, 7) is 2.57. The fourth-order valence-corrected chi connectivity index (χ4v) is 3.60. The smallest absolute Gasteiger partial charge is 0.227 e. The van der Waals surface area contributed by atoms with Crippen LogP contribution in [0.25, 0.3) is 0 Å². The van der Waals surface area contributed by atoms with Crippen LogP contribution in [0, 0.1) is 0 Å². The summed E-state index contributed by atoms with van der Waals surface area (Å²) in [5.41, 5.74) is 2.88. The molecule has 0 spiro atoms. The molecule has 0 N–H and O–H groups in total. The maximum atomic E-state index is 12.8. The number of nitrogens with zero attached hydrogens (tertiary/aromatic N) is 1. The van der Waals surface area contributed by atoms with Gasteiger partial charge in [0.05, 0.1) is 26.1 Å². The van der Waals surface area contributed by atoms with Crippen LogP contribution in [-0.4, -0.2) is 17.9 Å². The Morgan fingerprint density at radius 3 is 2.52 bits per heavy atom. The minimum Gasteiger partial charge on any atom is -0.496 e. The first-order valence-corrected chi connectivity index (χ1v) is 8.16. The van der Waals surface area contributed by atoms with Gasteiger partial charge in [-0.1, -0.05) is 41.4 Å². The summed E-state index contributed by atoms with van der Waals surface area (Å²) >= 11 is 12.4. The number of rotatable bonds is 3. The van der Waals surface area contributed by atoms with E-state index in [1.54, 1.807) is 25.3 Å². The van der Waals surface area contributed by atoms with Crippen molar-refractivity contribution in [3.05, 3.63) is 63.1 Å². The van der Waals surface area contributed by atoms with Gasteiger partial charge in [-0.15, -0.1) is 0 Å². The Labute approximate surface area is 145 Å². The van der Waals surface area contributed by atoms with Crippen LogP contribution < -0.4 is 4.74 Å². The van der Waals surface area contributed by atoms with E-state index in [2.05, 4.69) is 0 Å². The summed E-state index contributed by atoms with van der Waals surface area (Å²) in [6, 6.07) is 11.2. The van der Waals surface area contributed by atoms with E-state index in [-0.39, 0.29) is 18.4 Å². The van der Waals surface area contributed by atoms with Crippen LogP contribution in [0.3, 0.4) is 0 Å². The first-order chi connectivity index (χ1) is 11.0. The van der Waals surface area contributed by atoms with Crippen molar-refractivity contribution in [2.75, 3.05) is 7.11 Å². The van der Waals surface area contributed by atoms with Crippen LogP contribution in [0.5, 0.6) is 5.75 Å². The minimum absolute atomic E-state index is 0.00533. The molecule has 1 amide bonds. The molecule has 2 aromatic carbocycles. The zero-order valence-corrected chi connectivity index (χ0v) is 14.5. The molecule has 0 bridgehead atoms. The molecule has 0 fully saturated rings. The highest BCUT2D eigenvalue weighted by molar-refractivity contribution is 6.36. The van der Waals surface area contributed by atoms with Crippen molar-refractivity contribution in [3.63, 3.8) is 0 Å². The number of fused-ring (bicyclic) bond motifs is 1. The normalized spacial score (nSPS) is 16.3. The van der Waals surface area contributed by atoms with Gasteiger partial charge >= 0.3 is 0 Å². The predicted molar refractivity (Wildman–Crippen MR) is 92.1 cm³/mol. The quantitative estimate of drug-likeness (QED) is 0.807. The van der Waals surface area contributed by atoms with Gasteiger partial charge in [-0.05, 0) is 36.2 Å². The highest BCUT2D eigenvalue weighted by atomic mass is 35.5. The van der Waals surface area contributed by atoms with Gasteiger partial charge in [0.2, 0.25) is 5.91 Å². The van der Waals surface area contributed by atoms with E-state index in [0.29, 0.717) is 22.2 Å². The van der Waals surface area contributed by atoms with E-state index >= 15 is 0 Å². The second-order valence-electron chi connectivity index (χ2n) is 5.60. The van der Waals surface area contributed by atoms with Crippen LogP contribution in [0.2, 0.25) is 10.0 Å². The van der Waals surface area contributed by atoms with Gasteiger partial charge in [-0.2, -0.15) is 0 Å². The summed E-state index contributed by atoms with van der Waals surface area (Å²) in [6.07, 6.45) is 0.194. The fourth-order valence-electron chi connectivity index (χ4n) is 3.07. The van der Waals surface area contributed by atoms with Gasteiger partial charge in [-0.25, -0.2) is 0 Å². The molecule has 0 saturated heterocycles. The molecule has 3 nitrogen and oxygen atoms in total. The molecule has 1 aliphatic heterocycles. The molecule has 23 heavy (non-hydrogen) atoms. The molecule has 120 valence electrons. The van der Waals surface area contributed by atoms with Crippen molar-refractivity contribution in [2.24, 2.45) is 0 Å². The van der Waals surface area contributed by atoms with E-state index in [9.17, 15) is 4.79 Å². The molecule has 3 rings (SSSR count). The van der Waals surface area contributed by atoms with Crippen molar-refractivity contribution in [2.45, 2.75) is 25.9 Å². The van der Waals surface area contributed by atoms with Crippen molar-refractivity contribution in [3.8, 4) is 5.75 Å². The van der Waals surface area contributed by atoms with E-state index in [1.807, 2.05) is 30.0 Å². The van der Waals surface area contributed by atoms with E-state index in [1.165, 1.54) is 0 Å². The van der Waals surface area contributed by atoms with Crippen LogP contribution in [0.4, 0.5) is 0 Å². The monoisotopic (exact) mass is 349 g/mol. The zero-order valence-electron chi connectivity index (χ0n) is 13.0. The van der Waals surface area contributed by atoms with Crippen molar-refractivity contribution >= 4 is 29.1 Å². The molecule has 1 aliphatic rings. The first kappa shape index (κ1) is 16.2. The average Bonchev–Trinajstić information content (AvgIpc) is 2.88. The standard InChI is InChI=1S/C18H17Cl2NO2/c1-11-12-5-3-8-17(23-2)14(12)10-21(11)18(22)9-13-15(19)6-4-7-16(13)20/h3-8,11H,9-10H2,1-2H3. The van der Waals surface area contributed by atoms with E-state index in [0.717, 1.165) is 16.9 Å². The van der Waals surface area contributed by atoms with Gasteiger partial charge in [0.15, 0.2) is 0 Å². The molecule has 0 aliphatic carbocycles. The lowest BCUT2D eigenvalue weighted by Crippen LogP contribution is -2.29. The number of hydrogen-bond donors (Lipinski definition) is 0. The molecule has 1 unspecified atom stereocenters. The van der Waals surface area contributed by atoms with Crippen molar-refractivity contribution in [1.29, 1.82) is 0 Å². The number of carbonyl (C=O) groups excluding carboxylic acids is 1. The Morgan fingerprint density at radius 2 is 1.87 bits per heavy atom. The molecular weight excluding hydrogens is 333 g/mol. The lowest BCUT2D eigenvalue weighted by atomic mass is 10.1. The summed E-state index contributed by atoms with van der Waals surface area (Å²) in [5.74, 6) is 0.825. The molecule has 0 radical (unpaired) electrons. The van der Waals surface area contributed by atoms with Gasteiger partial charge < -0.3 is 9.64 Å². The largest absolute Gasteiger partial charge is 0.496 e. The molecule has 0 saturated carbocycles. The molecule has 5 heteroatoms. The van der Waals surface area contributed by atoms with Crippen molar-refractivity contribution in [1.82, 2.24) is 4.90 Å². The third kappa shape index (κ3) is 2.91. The van der Waals surface area contributed by atoms with Crippen molar-refractivity contribution < 1.29 is 9.53 Å². The third-order valence-electron chi connectivity index (χ3n) is 4.35. The lowest BCUT2D eigenvalue weighted by molar-refractivity contribution is -0.132. The Balaban J connectivity index is 1.85. The van der Waals surface area contributed by atoms with Crippen LogP contribution >= 0.6 is 23.2 Å². The average molecular weight is 350 g/mol. The highest BCUT2D eigenvalue weighted by Gasteiger charge is 2.32. The van der Waals surface area contributed by atoms with Gasteiger partial charge in [-0.3, -0.25) is 4.79 Å². The minimum atomic E-state index is 0.00533. The topological polar surface area (TPSA) is 29.5 Å². The van der Waals surface area contributed by atoms with Crippen LogP contribution in [0.15, 0.2) is 36.4 Å². The predicted octanol–water partition coefficient (Wildman–Crippen LogP) is 4.65. The maximum absolute atomic E-state index is 12.8. The van der Waals surface area contributed by atoms with Gasteiger partial charge in [0.25, 0.3) is 0 Å². The number of ether oxygens (including phenoxy) is 1. The number of hydrogen-bond acceptors (Lipinski definition) is 2. The third-order valence-corrected chi connectivity index (χ3v) is 5.05. The second-order valence-corrected chi connectivity index (χ2v) is 6.42. The fraction of sp³-hybridized carbons (Fsp3) is 0.278. The van der Waals surface area contributed by atoms with E-state index in [4.69, 9.17) is 27.9 Å². The Bertz CT molecular complexity index is 740. The molecule has 2 aromatic rings. The zero-order chi connectivity index (χ0) is 16.6. The molecule has 1 heterocycles. The van der Waals surface area contributed by atoms with Gasteiger partial charge in [0, 0.05) is 15.6 Å². The van der Waals surface area contributed by atoms with Crippen LogP contribution in [0.1, 0.15) is 29.7 Å². The lowest BCUT2D eigenvalue weighted by Gasteiger charge is -2.22. The molecule has 1 atom stereocenters. The first-order valence-electron chi connectivity index (χ1n) is 7.41. The summed E-state index contributed by atoms with van der Waals surface area (Å²) in [7, 11) is 1.65. The maximum Gasteiger partial charge on any atom is 0.227 e. The molecule has 0 aromatic heterocycles. The van der Waals surface area contributed by atoms with E-state index < -0.39 is 0 Å². The summed E-state index contributed by atoms with van der Waals surface area (Å²) in [4.78, 5) is 14.6. The summed E-state index contributed by atoms with van der Waals surface area (Å²) < 4.78 is 5.41. The number of benzene rings is 2. The SMILES string of the molecule is COc1cccc2c1CN(C(=O)Cc1c(Cl)cccc1Cl)C2C. The summed E-state index contributed by atoms with van der Waals surface area (Å²) in [5, 5.41) is 1.04. The Hall–Kier alpha value is -1.71. The Kier molecular flexibility index (Phi) is 4.51. The number of carbonyl (C=O) groups is 1. The molecular formula is C18H17Cl2NO2. The Morgan fingerprint density at radius 1 is 1.22 bits per heavy atom. The number of methoxy groups -OCH3 is 1. The highest BCUT2D eigenvalue weighted by Crippen LogP contribution is 2.39. The van der Waals surface area contributed by atoms with Crippen LogP contribution in [-0.2, 0) is 17.8 Å². The number of halogens is 2. The number of amides is 1.